The van der Waals surface area contributed by atoms with Crippen LogP contribution in [0.15, 0.2) is 164 Å². The molecule has 0 amide bonds. The zero-order valence-corrected chi connectivity index (χ0v) is 26.2. The Labute approximate surface area is 276 Å². The summed E-state index contributed by atoms with van der Waals surface area (Å²) in [5.74, 6) is 2.01. The molecule has 0 N–H and O–H groups in total. The molecule has 0 atom stereocenters. The molecule has 4 heteroatoms. The predicted octanol–water partition coefficient (Wildman–Crippen LogP) is 11.7. The normalized spacial score (nSPS) is 11.4. The van der Waals surface area contributed by atoms with Crippen LogP contribution in [0.4, 0.5) is 0 Å². The molecule has 9 aromatic rings. The summed E-state index contributed by atoms with van der Waals surface area (Å²) in [6.07, 6.45) is 0. The highest BCUT2D eigenvalue weighted by molar-refractivity contribution is 7.26. The highest BCUT2D eigenvalue weighted by Gasteiger charge is 2.16. The molecular weight excluding hydrogens is 591 g/mol. The molecule has 0 radical (unpaired) electrons. The standard InChI is InChI=1S/C43H27N3S/c1-3-10-28(11-4-1)29-18-20-30(21-19-29)32-22-23-34-27-35(25-24-33(34)26-32)42-44-41(31-12-5-2-6-13-31)45-43(46-42)38-16-9-15-37-36-14-7-8-17-39(36)47-40(37)38/h1-27H. The Morgan fingerprint density at radius 2 is 0.851 bits per heavy atom. The maximum absolute atomic E-state index is 5.11. The Morgan fingerprint density at radius 3 is 1.60 bits per heavy atom. The molecule has 2 heterocycles. The van der Waals surface area contributed by atoms with E-state index in [1.807, 2.05) is 24.3 Å². The van der Waals surface area contributed by atoms with Crippen LogP contribution in [0.2, 0.25) is 0 Å². The van der Waals surface area contributed by atoms with Gasteiger partial charge in [-0.15, -0.1) is 11.3 Å². The van der Waals surface area contributed by atoms with Crippen LogP contribution in [0, 0.1) is 0 Å². The van der Waals surface area contributed by atoms with Crippen molar-refractivity contribution in [3.05, 3.63) is 164 Å². The summed E-state index contributed by atoms with van der Waals surface area (Å²) >= 11 is 1.79. The van der Waals surface area contributed by atoms with Gasteiger partial charge in [-0.3, -0.25) is 0 Å². The van der Waals surface area contributed by atoms with E-state index in [2.05, 4.69) is 140 Å². The van der Waals surface area contributed by atoms with Crippen molar-refractivity contribution in [2.24, 2.45) is 0 Å². The van der Waals surface area contributed by atoms with Crippen molar-refractivity contribution in [3.8, 4) is 56.4 Å². The van der Waals surface area contributed by atoms with E-state index in [1.54, 1.807) is 11.3 Å². The molecular formula is C43H27N3S. The first-order chi connectivity index (χ1) is 23.3. The number of hydrogen-bond donors (Lipinski definition) is 0. The lowest BCUT2D eigenvalue weighted by Crippen LogP contribution is -2.00. The summed E-state index contributed by atoms with van der Waals surface area (Å²) in [7, 11) is 0. The van der Waals surface area contributed by atoms with Crippen LogP contribution in [0.3, 0.4) is 0 Å². The van der Waals surface area contributed by atoms with Crippen molar-refractivity contribution in [1.82, 2.24) is 15.0 Å². The van der Waals surface area contributed by atoms with Gasteiger partial charge in [0.05, 0.1) is 0 Å². The second-order valence-corrected chi connectivity index (χ2v) is 12.7. The quantitative estimate of drug-likeness (QED) is 0.193. The van der Waals surface area contributed by atoms with Crippen molar-refractivity contribution >= 4 is 42.3 Å². The summed E-state index contributed by atoms with van der Waals surface area (Å²) in [4.78, 5) is 15.2. The molecule has 7 aromatic carbocycles. The molecule has 0 saturated carbocycles. The average molecular weight is 618 g/mol. The maximum atomic E-state index is 5.11. The van der Waals surface area contributed by atoms with E-state index in [9.17, 15) is 0 Å². The van der Waals surface area contributed by atoms with Gasteiger partial charge >= 0.3 is 0 Å². The van der Waals surface area contributed by atoms with Gasteiger partial charge in [0.1, 0.15) is 0 Å². The van der Waals surface area contributed by atoms with Gasteiger partial charge in [-0.05, 0) is 57.3 Å². The van der Waals surface area contributed by atoms with Gasteiger partial charge in [-0.25, -0.2) is 15.0 Å². The molecule has 9 rings (SSSR count). The first-order valence-electron chi connectivity index (χ1n) is 15.7. The molecule has 0 aliphatic carbocycles. The monoisotopic (exact) mass is 617 g/mol. The Morgan fingerprint density at radius 1 is 0.340 bits per heavy atom. The minimum atomic E-state index is 0.662. The lowest BCUT2D eigenvalue weighted by atomic mass is 9.97. The van der Waals surface area contributed by atoms with Gasteiger partial charge in [0.15, 0.2) is 17.5 Å². The van der Waals surface area contributed by atoms with E-state index in [0.717, 1.165) is 22.1 Å². The second kappa shape index (κ2) is 11.4. The van der Waals surface area contributed by atoms with Crippen LogP contribution < -0.4 is 0 Å². The number of benzene rings is 7. The Hall–Kier alpha value is -5.97. The van der Waals surface area contributed by atoms with Crippen molar-refractivity contribution in [1.29, 1.82) is 0 Å². The van der Waals surface area contributed by atoms with Crippen LogP contribution in [0.5, 0.6) is 0 Å². The molecule has 0 saturated heterocycles. The SMILES string of the molecule is c1ccc(-c2ccc(-c3ccc4cc(-c5nc(-c6ccccc6)nc(-c6cccc7c6sc6ccccc67)n5)ccc4c3)cc2)cc1. The largest absolute Gasteiger partial charge is 0.208 e. The Bertz CT molecular complexity index is 2550. The van der Waals surface area contributed by atoms with Crippen LogP contribution in [-0.4, -0.2) is 15.0 Å². The van der Waals surface area contributed by atoms with E-state index < -0.39 is 0 Å². The summed E-state index contributed by atoms with van der Waals surface area (Å²) in [6.45, 7) is 0. The fraction of sp³-hybridized carbons (Fsp3) is 0. The minimum Gasteiger partial charge on any atom is -0.208 e. The Kier molecular flexibility index (Phi) is 6.65. The third-order valence-electron chi connectivity index (χ3n) is 8.74. The van der Waals surface area contributed by atoms with Gasteiger partial charge < -0.3 is 0 Å². The van der Waals surface area contributed by atoms with Crippen molar-refractivity contribution in [2.45, 2.75) is 0 Å². The highest BCUT2D eigenvalue weighted by Crippen LogP contribution is 2.39. The molecule has 2 aromatic heterocycles. The maximum Gasteiger partial charge on any atom is 0.165 e. The van der Waals surface area contributed by atoms with E-state index in [-0.39, 0.29) is 0 Å². The van der Waals surface area contributed by atoms with Crippen molar-refractivity contribution in [3.63, 3.8) is 0 Å². The molecule has 0 aliphatic heterocycles. The number of hydrogen-bond acceptors (Lipinski definition) is 4. The minimum absolute atomic E-state index is 0.662. The average Bonchev–Trinajstić information content (AvgIpc) is 3.54. The summed E-state index contributed by atoms with van der Waals surface area (Å²) in [5.41, 5.74) is 7.77. The molecule has 0 spiro atoms. The summed E-state index contributed by atoms with van der Waals surface area (Å²) in [6, 6.07) is 57.5. The molecule has 220 valence electrons. The van der Waals surface area contributed by atoms with Gasteiger partial charge in [-0.1, -0.05) is 140 Å². The van der Waals surface area contributed by atoms with Crippen molar-refractivity contribution < 1.29 is 0 Å². The first-order valence-corrected chi connectivity index (χ1v) is 16.5. The molecule has 0 aliphatic rings. The molecule has 3 nitrogen and oxygen atoms in total. The lowest BCUT2D eigenvalue weighted by molar-refractivity contribution is 1.08. The summed E-state index contributed by atoms with van der Waals surface area (Å²) < 4.78 is 2.45. The van der Waals surface area contributed by atoms with Gasteiger partial charge in [0, 0.05) is 36.9 Å². The predicted molar refractivity (Wildman–Crippen MR) is 197 cm³/mol. The number of fused-ring (bicyclic) bond motifs is 4. The lowest BCUT2D eigenvalue weighted by Gasteiger charge is -2.10. The van der Waals surface area contributed by atoms with E-state index >= 15 is 0 Å². The van der Waals surface area contributed by atoms with Gasteiger partial charge in [-0.2, -0.15) is 0 Å². The fourth-order valence-corrected chi connectivity index (χ4v) is 7.53. The first kappa shape index (κ1) is 27.3. The van der Waals surface area contributed by atoms with E-state index in [4.69, 9.17) is 15.0 Å². The van der Waals surface area contributed by atoms with Gasteiger partial charge in [0.2, 0.25) is 0 Å². The van der Waals surface area contributed by atoms with Crippen LogP contribution >= 0.6 is 11.3 Å². The summed E-state index contributed by atoms with van der Waals surface area (Å²) in [5, 5.41) is 4.79. The molecule has 0 fully saturated rings. The Balaban J connectivity index is 1.13. The smallest absolute Gasteiger partial charge is 0.165 e. The van der Waals surface area contributed by atoms with Crippen molar-refractivity contribution in [2.75, 3.05) is 0 Å². The van der Waals surface area contributed by atoms with Crippen LogP contribution in [0.1, 0.15) is 0 Å². The van der Waals surface area contributed by atoms with Crippen LogP contribution in [-0.2, 0) is 0 Å². The third kappa shape index (κ3) is 5.05. The fourth-order valence-electron chi connectivity index (χ4n) is 6.32. The van der Waals surface area contributed by atoms with E-state index in [0.29, 0.717) is 17.5 Å². The highest BCUT2D eigenvalue weighted by atomic mass is 32.1. The van der Waals surface area contributed by atoms with Crippen LogP contribution in [0.25, 0.3) is 87.4 Å². The molecule has 0 unspecified atom stereocenters. The molecule has 0 bridgehead atoms. The number of aromatic nitrogens is 3. The topological polar surface area (TPSA) is 38.7 Å². The van der Waals surface area contributed by atoms with E-state index in [1.165, 1.54) is 47.8 Å². The molecule has 47 heavy (non-hydrogen) atoms. The second-order valence-electron chi connectivity index (χ2n) is 11.7. The zero-order valence-electron chi connectivity index (χ0n) is 25.3. The van der Waals surface area contributed by atoms with Gasteiger partial charge in [0.25, 0.3) is 0 Å². The number of thiophene rings is 1. The number of rotatable bonds is 5. The zero-order chi connectivity index (χ0) is 31.2. The third-order valence-corrected chi connectivity index (χ3v) is 9.96. The number of nitrogens with zero attached hydrogens (tertiary/aromatic N) is 3.